The van der Waals surface area contributed by atoms with Crippen LogP contribution in [0.2, 0.25) is 0 Å². The molecule has 0 radical (unpaired) electrons. The summed E-state index contributed by atoms with van der Waals surface area (Å²) in [7, 11) is 0. The van der Waals surface area contributed by atoms with E-state index in [1.54, 1.807) is 16.7 Å². The minimum atomic E-state index is -0.448. The number of hydrogen-bond donors (Lipinski definition) is 2. The number of carbonyl (C=O) groups excluding carboxylic acids is 1. The van der Waals surface area contributed by atoms with Crippen molar-refractivity contribution in [3.63, 3.8) is 0 Å². The fourth-order valence-electron chi connectivity index (χ4n) is 1.70. The molecule has 6 nitrogen and oxygen atoms in total. The number of hydrogen-bond acceptors (Lipinski definition) is 5. The van der Waals surface area contributed by atoms with Crippen LogP contribution in [0, 0.1) is 5.92 Å². The molecular weight excluding hydrogens is 222 g/mol. The molecule has 0 aromatic heterocycles. The third kappa shape index (κ3) is 5.04. The van der Waals surface area contributed by atoms with E-state index < -0.39 is 5.60 Å². The van der Waals surface area contributed by atoms with Gasteiger partial charge in [-0.05, 0) is 39.5 Å². The van der Waals surface area contributed by atoms with Crippen molar-refractivity contribution in [2.75, 3.05) is 13.1 Å². The highest BCUT2D eigenvalue weighted by Gasteiger charge is 2.26. The summed E-state index contributed by atoms with van der Waals surface area (Å²) in [5.74, 6) is 0.299. The lowest BCUT2D eigenvalue weighted by atomic mass is 9.99. The Hall–Kier alpha value is -1.30. The summed E-state index contributed by atoms with van der Waals surface area (Å²) in [6.45, 7) is 6.90. The third-order valence-electron chi connectivity index (χ3n) is 2.53. The second kappa shape index (κ2) is 5.86. The molecule has 0 saturated carbocycles. The molecule has 0 aromatic rings. The maximum absolute atomic E-state index is 11.8. The van der Waals surface area contributed by atoms with E-state index in [9.17, 15) is 4.79 Å². The summed E-state index contributed by atoms with van der Waals surface area (Å²) >= 11 is 0. The topological polar surface area (TPSA) is 74.2 Å². The summed E-state index contributed by atoms with van der Waals surface area (Å²) in [6, 6.07) is 0. The summed E-state index contributed by atoms with van der Waals surface area (Å²) in [5, 5.41) is 11.9. The molecule has 1 saturated heterocycles. The SMILES string of the molecule is CC(C)(C)OC(=O)N1CCC(/C=N/NO)CC1. The van der Waals surface area contributed by atoms with Crippen LogP contribution < -0.4 is 5.59 Å². The minimum absolute atomic E-state index is 0.256. The van der Waals surface area contributed by atoms with Crippen LogP contribution in [-0.2, 0) is 4.74 Å². The van der Waals surface area contributed by atoms with Crippen molar-refractivity contribution in [2.24, 2.45) is 11.0 Å². The van der Waals surface area contributed by atoms with Gasteiger partial charge in [0, 0.05) is 19.3 Å². The zero-order valence-electron chi connectivity index (χ0n) is 10.6. The van der Waals surface area contributed by atoms with Gasteiger partial charge in [0.05, 0.1) is 0 Å². The summed E-state index contributed by atoms with van der Waals surface area (Å²) in [4.78, 5) is 13.5. The van der Waals surface area contributed by atoms with Crippen LogP contribution in [0.1, 0.15) is 33.6 Å². The predicted molar refractivity (Wildman–Crippen MR) is 63.9 cm³/mol. The fraction of sp³-hybridized carbons (Fsp3) is 0.818. The molecule has 2 N–H and O–H groups in total. The lowest BCUT2D eigenvalue weighted by molar-refractivity contribution is 0.0202. The van der Waals surface area contributed by atoms with Crippen LogP contribution in [0.3, 0.4) is 0 Å². The quantitative estimate of drug-likeness (QED) is 0.570. The Morgan fingerprint density at radius 1 is 1.47 bits per heavy atom. The molecule has 1 heterocycles. The Morgan fingerprint density at radius 2 is 2.06 bits per heavy atom. The number of ether oxygens (including phenoxy) is 1. The maximum Gasteiger partial charge on any atom is 0.410 e. The van der Waals surface area contributed by atoms with Gasteiger partial charge in [0.2, 0.25) is 0 Å². The second-order valence-corrected chi connectivity index (χ2v) is 5.18. The van der Waals surface area contributed by atoms with Gasteiger partial charge in [-0.25, -0.2) is 4.79 Å². The zero-order valence-corrected chi connectivity index (χ0v) is 10.6. The molecule has 0 bridgehead atoms. The molecule has 1 fully saturated rings. The monoisotopic (exact) mass is 243 g/mol. The molecule has 0 aliphatic carbocycles. The molecule has 0 aromatic carbocycles. The lowest BCUT2D eigenvalue weighted by Crippen LogP contribution is -2.42. The van der Waals surface area contributed by atoms with Crippen LogP contribution in [0.25, 0.3) is 0 Å². The van der Waals surface area contributed by atoms with Crippen molar-refractivity contribution in [3.8, 4) is 0 Å². The maximum atomic E-state index is 11.8. The smallest absolute Gasteiger partial charge is 0.410 e. The number of hydrazone groups is 1. The first kappa shape index (κ1) is 13.8. The Bertz CT molecular complexity index is 278. The number of rotatable bonds is 2. The molecular formula is C11H21N3O3. The Labute approximate surface area is 102 Å². The zero-order chi connectivity index (χ0) is 12.9. The van der Waals surface area contributed by atoms with Crippen molar-refractivity contribution >= 4 is 12.3 Å². The molecule has 6 heteroatoms. The molecule has 1 aliphatic rings. The molecule has 1 aliphatic heterocycles. The van der Waals surface area contributed by atoms with E-state index in [-0.39, 0.29) is 6.09 Å². The average Bonchev–Trinajstić information content (AvgIpc) is 2.24. The van der Waals surface area contributed by atoms with Crippen LogP contribution in [-0.4, -0.2) is 41.1 Å². The van der Waals surface area contributed by atoms with E-state index in [1.165, 1.54) is 0 Å². The van der Waals surface area contributed by atoms with E-state index >= 15 is 0 Å². The van der Waals surface area contributed by atoms with Crippen molar-refractivity contribution in [3.05, 3.63) is 0 Å². The van der Waals surface area contributed by atoms with Gasteiger partial charge in [-0.2, -0.15) is 10.7 Å². The molecule has 1 amide bonds. The van der Waals surface area contributed by atoms with Crippen molar-refractivity contribution in [1.82, 2.24) is 10.5 Å². The van der Waals surface area contributed by atoms with Crippen molar-refractivity contribution < 1.29 is 14.7 Å². The van der Waals surface area contributed by atoms with E-state index in [0.717, 1.165) is 12.8 Å². The molecule has 17 heavy (non-hydrogen) atoms. The molecule has 1 rings (SSSR count). The number of nitrogens with one attached hydrogen (secondary N) is 1. The Kier molecular flexibility index (Phi) is 4.74. The van der Waals surface area contributed by atoms with Crippen molar-refractivity contribution in [1.29, 1.82) is 0 Å². The second-order valence-electron chi connectivity index (χ2n) is 5.18. The highest BCUT2D eigenvalue weighted by molar-refractivity contribution is 5.69. The Morgan fingerprint density at radius 3 is 2.53 bits per heavy atom. The normalized spacial score (nSPS) is 18.5. The first-order valence-corrected chi connectivity index (χ1v) is 5.82. The number of nitrogens with zero attached hydrogens (tertiary/aromatic N) is 2. The van der Waals surface area contributed by atoms with Gasteiger partial charge in [-0.15, -0.1) is 0 Å². The largest absolute Gasteiger partial charge is 0.444 e. The highest BCUT2D eigenvalue weighted by Crippen LogP contribution is 2.18. The minimum Gasteiger partial charge on any atom is -0.444 e. The van der Waals surface area contributed by atoms with Gasteiger partial charge >= 0.3 is 6.09 Å². The van der Waals surface area contributed by atoms with Crippen LogP contribution in [0.5, 0.6) is 0 Å². The van der Waals surface area contributed by atoms with E-state index in [2.05, 4.69) is 5.10 Å². The van der Waals surface area contributed by atoms with Crippen molar-refractivity contribution in [2.45, 2.75) is 39.2 Å². The standard InChI is InChI=1S/C11H21N3O3/c1-11(2,3)17-10(15)14-6-4-9(5-7-14)8-12-13-16/h8-9,13,16H,4-7H2,1-3H3/b12-8+. The third-order valence-corrected chi connectivity index (χ3v) is 2.53. The average molecular weight is 243 g/mol. The Balaban J connectivity index is 2.36. The van der Waals surface area contributed by atoms with Crippen LogP contribution in [0.15, 0.2) is 5.10 Å². The van der Waals surface area contributed by atoms with Crippen LogP contribution in [0.4, 0.5) is 4.79 Å². The molecule has 0 spiro atoms. The number of amides is 1. The number of piperidine rings is 1. The van der Waals surface area contributed by atoms with Gasteiger partial charge in [-0.3, -0.25) is 5.21 Å². The van der Waals surface area contributed by atoms with Gasteiger partial charge in [0.25, 0.3) is 0 Å². The molecule has 0 atom stereocenters. The van der Waals surface area contributed by atoms with Gasteiger partial charge in [-0.1, -0.05) is 0 Å². The fourth-order valence-corrected chi connectivity index (χ4v) is 1.70. The first-order chi connectivity index (χ1) is 7.92. The number of carbonyl (C=O) groups is 1. The predicted octanol–water partition coefficient (Wildman–Crippen LogP) is 1.60. The van der Waals surface area contributed by atoms with Crippen LogP contribution >= 0.6 is 0 Å². The molecule has 0 unspecified atom stereocenters. The van der Waals surface area contributed by atoms with Gasteiger partial charge < -0.3 is 9.64 Å². The summed E-state index contributed by atoms with van der Waals surface area (Å²) < 4.78 is 5.29. The first-order valence-electron chi connectivity index (χ1n) is 5.82. The summed E-state index contributed by atoms with van der Waals surface area (Å²) in [5.41, 5.74) is 1.30. The van der Waals surface area contributed by atoms with E-state index in [1.807, 2.05) is 20.8 Å². The highest BCUT2D eigenvalue weighted by atomic mass is 16.6. The summed E-state index contributed by atoms with van der Waals surface area (Å²) in [6.07, 6.45) is 3.09. The van der Waals surface area contributed by atoms with Gasteiger partial charge in [0.15, 0.2) is 0 Å². The van der Waals surface area contributed by atoms with E-state index in [0.29, 0.717) is 19.0 Å². The van der Waals surface area contributed by atoms with Gasteiger partial charge in [0.1, 0.15) is 5.60 Å². The van der Waals surface area contributed by atoms with E-state index in [4.69, 9.17) is 9.94 Å². The lowest BCUT2D eigenvalue weighted by Gasteiger charge is -2.32. The number of likely N-dealkylation sites (tertiary alicyclic amines) is 1. The molecule has 98 valence electrons.